The van der Waals surface area contributed by atoms with Crippen LogP contribution in [0.4, 0.5) is 5.69 Å². The first-order valence-electron chi connectivity index (χ1n) is 9.08. The molecule has 0 aromatic heterocycles. The third kappa shape index (κ3) is 4.76. The van der Waals surface area contributed by atoms with Crippen LogP contribution in [0.1, 0.15) is 24.2 Å². The van der Waals surface area contributed by atoms with E-state index in [1.807, 2.05) is 41.3 Å². The van der Waals surface area contributed by atoms with Gasteiger partial charge in [-0.2, -0.15) is 0 Å². The van der Waals surface area contributed by atoms with E-state index in [1.54, 1.807) is 12.1 Å². The second-order valence-electron chi connectivity index (χ2n) is 7.20. The Morgan fingerprint density at radius 2 is 1.54 bits per heavy atom. The number of ether oxygens (including phenoxy) is 1. The number of benzene rings is 2. The molecular formula is C21H23IN2O4. The van der Waals surface area contributed by atoms with Crippen molar-refractivity contribution >= 4 is 40.2 Å². The molecule has 1 aliphatic heterocycles. The summed E-state index contributed by atoms with van der Waals surface area (Å²) in [6, 6.07) is 15.0. The van der Waals surface area contributed by atoms with Crippen LogP contribution in [0.3, 0.4) is 0 Å². The molecule has 1 fully saturated rings. The van der Waals surface area contributed by atoms with E-state index in [2.05, 4.69) is 27.5 Å². The van der Waals surface area contributed by atoms with Crippen LogP contribution in [0.25, 0.3) is 0 Å². The largest absolute Gasteiger partial charge is 0.478 e. The molecule has 3 rings (SSSR count). The predicted molar refractivity (Wildman–Crippen MR) is 116 cm³/mol. The Balaban J connectivity index is 1.58. The van der Waals surface area contributed by atoms with Gasteiger partial charge in [0.05, 0.1) is 0 Å². The molecule has 2 aromatic rings. The summed E-state index contributed by atoms with van der Waals surface area (Å²) in [5.74, 6) is -0.426. The molecule has 2 aromatic carbocycles. The number of hydrogen-bond donors (Lipinski definition) is 1. The third-order valence-electron chi connectivity index (χ3n) is 4.75. The first-order valence-corrected chi connectivity index (χ1v) is 10.2. The molecule has 0 aliphatic carbocycles. The number of nitrogens with zero attached hydrogens (tertiary/aromatic N) is 2. The molecule has 6 nitrogen and oxygen atoms in total. The van der Waals surface area contributed by atoms with Crippen molar-refractivity contribution in [3.8, 4) is 5.75 Å². The summed E-state index contributed by atoms with van der Waals surface area (Å²) in [4.78, 5) is 27.9. The molecule has 0 atom stereocenters. The van der Waals surface area contributed by atoms with Gasteiger partial charge in [0, 0.05) is 41.0 Å². The van der Waals surface area contributed by atoms with E-state index in [0.717, 1.165) is 27.9 Å². The average molecular weight is 494 g/mol. The molecule has 1 N–H and O–H groups in total. The van der Waals surface area contributed by atoms with Crippen LogP contribution in [0.15, 0.2) is 48.5 Å². The molecule has 0 unspecified atom stereocenters. The topological polar surface area (TPSA) is 70.1 Å². The highest BCUT2D eigenvalue weighted by Crippen LogP contribution is 2.24. The highest BCUT2D eigenvalue weighted by atomic mass is 127. The standard InChI is InChI=1S/C21H23IN2O4/c1-21(2,20(26)27)28-18-9-7-17(8-10-18)23-11-13-24(14-12-23)19(25)15-3-5-16(22)6-4-15/h3-10H,11-14H2,1-2H3,(H,26,27). The lowest BCUT2D eigenvalue weighted by atomic mass is 10.1. The van der Waals surface area contributed by atoms with Crippen molar-refractivity contribution in [3.05, 3.63) is 57.7 Å². The minimum atomic E-state index is -1.27. The lowest BCUT2D eigenvalue weighted by Gasteiger charge is -2.36. The van der Waals surface area contributed by atoms with E-state index < -0.39 is 11.6 Å². The number of rotatable bonds is 5. The average Bonchev–Trinajstić information content (AvgIpc) is 2.68. The van der Waals surface area contributed by atoms with Crippen LogP contribution >= 0.6 is 22.6 Å². The molecule has 1 saturated heterocycles. The third-order valence-corrected chi connectivity index (χ3v) is 5.47. The number of carbonyl (C=O) groups excluding carboxylic acids is 1. The maximum Gasteiger partial charge on any atom is 0.347 e. The van der Waals surface area contributed by atoms with Crippen LogP contribution in [0.2, 0.25) is 0 Å². The summed E-state index contributed by atoms with van der Waals surface area (Å²) in [5.41, 5.74) is 0.474. The van der Waals surface area contributed by atoms with Gasteiger partial charge in [-0.05, 0) is 85.0 Å². The summed E-state index contributed by atoms with van der Waals surface area (Å²) < 4.78 is 6.65. The number of amides is 1. The summed E-state index contributed by atoms with van der Waals surface area (Å²) in [5, 5.41) is 9.16. The quantitative estimate of drug-likeness (QED) is 0.645. The van der Waals surface area contributed by atoms with E-state index in [9.17, 15) is 9.59 Å². The number of aliphatic carboxylic acids is 1. The minimum Gasteiger partial charge on any atom is -0.478 e. The van der Waals surface area contributed by atoms with Gasteiger partial charge in [0.25, 0.3) is 5.91 Å². The molecule has 7 heteroatoms. The fourth-order valence-electron chi connectivity index (χ4n) is 3.01. The van der Waals surface area contributed by atoms with Gasteiger partial charge in [-0.3, -0.25) is 4.79 Å². The van der Waals surface area contributed by atoms with E-state index in [4.69, 9.17) is 9.84 Å². The molecule has 148 valence electrons. The van der Waals surface area contributed by atoms with E-state index in [0.29, 0.717) is 18.8 Å². The zero-order valence-corrected chi connectivity index (χ0v) is 18.0. The van der Waals surface area contributed by atoms with Crippen molar-refractivity contribution in [2.24, 2.45) is 0 Å². The zero-order chi connectivity index (χ0) is 20.3. The van der Waals surface area contributed by atoms with E-state index >= 15 is 0 Å². The van der Waals surface area contributed by atoms with Crippen LogP contribution in [-0.2, 0) is 4.79 Å². The first kappa shape index (κ1) is 20.4. The van der Waals surface area contributed by atoms with E-state index in [1.165, 1.54) is 13.8 Å². The Labute approximate surface area is 178 Å². The van der Waals surface area contributed by atoms with Crippen LogP contribution in [-0.4, -0.2) is 53.7 Å². The summed E-state index contributed by atoms with van der Waals surface area (Å²) >= 11 is 2.23. The Kier molecular flexibility index (Phi) is 6.12. The smallest absolute Gasteiger partial charge is 0.347 e. The van der Waals surface area contributed by atoms with Crippen molar-refractivity contribution in [3.63, 3.8) is 0 Å². The van der Waals surface area contributed by atoms with Crippen LogP contribution < -0.4 is 9.64 Å². The first-order chi connectivity index (χ1) is 13.3. The Bertz CT molecular complexity index is 842. The van der Waals surface area contributed by atoms with Crippen molar-refractivity contribution < 1.29 is 19.4 Å². The van der Waals surface area contributed by atoms with Gasteiger partial charge >= 0.3 is 5.97 Å². The van der Waals surface area contributed by atoms with Crippen molar-refractivity contribution in [1.82, 2.24) is 4.90 Å². The fourth-order valence-corrected chi connectivity index (χ4v) is 3.37. The van der Waals surface area contributed by atoms with Crippen LogP contribution in [0.5, 0.6) is 5.75 Å². The summed E-state index contributed by atoms with van der Waals surface area (Å²) in [7, 11) is 0. The number of carbonyl (C=O) groups is 2. The maximum atomic E-state index is 12.6. The number of carboxylic acids is 1. The van der Waals surface area contributed by atoms with Gasteiger partial charge < -0.3 is 19.6 Å². The second kappa shape index (κ2) is 8.38. The number of halogens is 1. The van der Waals surface area contributed by atoms with Gasteiger partial charge in [0.2, 0.25) is 0 Å². The second-order valence-corrected chi connectivity index (χ2v) is 8.44. The van der Waals surface area contributed by atoms with Crippen molar-refractivity contribution in [2.75, 3.05) is 31.1 Å². The molecule has 28 heavy (non-hydrogen) atoms. The van der Waals surface area contributed by atoms with Crippen LogP contribution in [0, 0.1) is 3.57 Å². The number of carboxylic acid groups (broad SMARTS) is 1. The molecule has 0 radical (unpaired) electrons. The normalized spacial score (nSPS) is 14.7. The Morgan fingerprint density at radius 1 is 0.964 bits per heavy atom. The SMILES string of the molecule is CC(C)(Oc1ccc(N2CCN(C(=O)c3ccc(I)cc3)CC2)cc1)C(=O)O. The highest BCUT2D eigenvalue weighted by molar-refractivity contribution is 14.1. The monoisotopic (exact) mass is 494 g/mol. The lowest BCUT2D eigenvalue weighted by Crippen LogP contribution is -2.48. The van der Waals surface area contributed by atoms with E-state index in [-0.39, 0.29) is 5.91 Å². The lowest BCUT2D eigenvalue weighted by molar-refractivity contribution is -0.152. The molecule has 0 saturated carbocycles. The van der Waals surface area contributed by atoms with Gasteiger partial charge in [-0.25, -0.2) is 4.79 Å². The Hall–Kier alpha value is -2.29. The summed E-state index contributed by atoms with van der Waals surface area (Å²) in [6.45, 7) is 5.86. The molecule has 1 aliphatic rings. The van der Waals surface area contributed by atoms with Crippen molar-refractivity contribution in [2.45, 2.75) is 19.4 Å². The molecular weight excluding hydrogens is 471 g/mol. The highest BCUT2D eigenvalue weighted by Gasteiger charge is 2.29. The molecule has 0 bridgehead atoms. The van der Waals surface area contributed by atoms with Gasteiger partial charge in [-0.1, -0.05) is 0 Å². The zero-order valence-electron chi connectivity index (χ0n) is 15.9. The molecule has 1 amide bonds. The predicted octanol–water partition coefficient (Wildman–Crippen LogP) is 3.50. The number of hydrogen-bond acceptors (Lipinski definition) is 4. The van der Waals surface area contributed by atoms with Crippen molar-refractivity contribution in [1.29, 1.82) is 0 Å². The fraction of sp³-hybridized carbons (Fsp3) is 0.333. The number of anilines is 1. The van der Waals surface area contributed by atoms with Gasteiger partial charge in [0.1, 0.15) is 5.75 Å². The molecule has 1 heterocycles. The van der Waals surface area contributed by atoms with Gasteiger partial charge in [0.15, 0.2) is 5.60 Å². The molecule has 0 spiro atoms. The summed E-state index contributed by atoms with van der Waals surface area (Å²) in [6.07, 6.45) is 0. The Morgan fingerprint density at radius 3 is 2.07 bits per heavy atom. The minimum absolute atomic E-state index is 0.0655. The van der Waals surface area contributed by atoms with Gasteiger partial charge in [-0.15, -0.1) is 0 Å². The maximum absolute atomic E-state index is 12.6. The number of piperazine rings is 1.